The predicted octanol–water partition coefficient (Wildman–Crippen LogP) is 0.879. The molecule has 1 atom stereocenters. The van der Waals surface area contributed by atoms with Crippen LogP contribution in [0.3, 0.4) is 0 Å². The topological polar surface area (TPSA) is 66.8 Å². The number of carbonyl (C=O) groups is 1. The van der Waals surface area contributed by atoms with Crippen LogP contribution in [0.25, 0.3) is 0 Å². The Morgan fingerprint density at radius 3 is 2.44 bits per heavy atom. The molecule has 1 aromatic carbocycles. The molecule has 0 aliphatic rings. The van der Waals surface area contributed by atoms with E-state index in [1.807, 2.05) is 0 Å². The van der Waals surface area contributed by atoms with Gasteiger partial charge < -0.3 is 14.9 Å². The second-order valence-electron chi connectivity index (χ2n) is 3.45. The Kier molecular flexibility index (Phi) is 4.35. The van der Waals surface area contributed by atoms with Crippen LogP contribution in [-0.2, 0) is 0 Å². The molecule has 4 nitrogen and oxygen atoms in total. The quantitative estimate of drug-likeness (QED) is 0.407. The Morgan fingerprint density at radius 1 is 1.44 bits per heavy atom. The van der Waals surface area contributed by atoms with Crippen LogP contribution in [0.4, 0.5) is 0 Å². The first-order chi connectivity index (χ1) is 7.45. The van der Waals surface area contributed by atoms with E-state index < -0.39 is 10.7 Å². The van der Waals surface area contributed by atoms with Crippen LogP contribution >= 0.6 is 12.6 Å². The van der Waals surface area contributed by atoms with Crippen molar-refractivity contribution >= 4 is 18.4 Å². The second-order valence-corrected chi connectivity index (χ2v) is 4.32. The summed E-state index contributed by atoms with van der Waals surface area (Å²) in [6.07, 6.45) is 0. The molecule has 0 fully saturated rings. The highest BCUT2D eigenvalue weighted by atomic mass is 32.1. The maximum Gasteiger partial charge on any atom is 0.204 e. The molecule has 2 N–H and O–H groups in total. The molecule has 1 aromatic rings. The zero-order valence-corrected chi connectivity index (χ0v) is 9.78. The van der Waals surface area contributed by atoms with Crippen molar-refractivity contribution in [1.29, 1.82) is 0 Å². The Labute approximate surface area is 99.3 Å². The highest BCUT2D eigenvalue weighted by Gasteiger charge is 2.26. The number of aliphatic hydroxyl groups is 2. The van der Waals surface area contributed by atoms with Crippen LogP contribution in [-0.4, -0.2) is 34.1 Å². The minimum Gasteiger partial charge on any atom is -0.491 e. The number of hydrogen-bond donors (Lipinski definition) is 3. The van der Waals surface area contributed by atoms with Crippen LogP contribution < -0.4 is 4.74 Å². The molecule has 0 saturated heterocycles. The summed E-state index contributed by atoms with van der Waals surface area (Å²) in [4.78, 5) is 9.91. The first-order valence-corrected chi connectivity index (χ1v) is 5.23. The molecule has 0 heterocycles. The lowest BCUT2D eigenvalue weighted by Crippen LogP contribution is -2.28. The van der Waals surface area contributed by atoms with Crippen molar-refractivity contribution < 1.29 is 19.7 Å². The molecule has 1 unspecified atom stereocenters. The fraction of sp³-hybridized carbons (Fsp3) is 0.364. The molecule has 0 aliphatic carbocycles. The summed E-state index contributed by atoms with van der Waals surface area (Å²) in [7, 11) is 0. The molecule has 0 amide bonds. The second kappa shape index (κ2) is 5.34. The smallest absolute Gasteiger partial charge is 0.204 e. The van der Waals surface area contributed by atoms with Crippen molar-refractivity contribution in [2.75, 3.05) is 13.2 Å². The molecule has 16 heavy (non-hydrogen) atoms. The summed E-state index contributed by atoms with van der Waals surface area (Å²) in [6, 6.07) is 6.28. The lowest BCUT2D eigenvalue weighted by Gasteiger charge is -2.14. The van der Waals surface area contributed by atoms with Crippen LogP contribution in [0.15, 0.2) is 24.3 Å². The van der Waals surface area contributed by atoms with Gasteiger partial charge in [0.15, 0.2) is 4.93 Å². The zero-order valence-electron chi connectivity index (χ0n) is 8.88. The summed E-state index contributed by atoms with van der Waals surface area (Å²) in [5, 5.41) is 18.0. The average molecular weight is 242 g/mol. The van der Waals surface area contributed by atoms with Crippen molar-refractivity contribution in [3.8, 4) is 5.75 Å². The largest absolute Gasteiger partial charge is 0.491 e. The van der Waals surface area contributed by atoms with Gasteiger partial charge in [-0.1, -0.05) is 0 Å². The van der Waals surface area contributed by atoms with Crippen molar-refractivity contribution in [3.63, 3.8) is 0 Å². The third-order valence-electron chi connectivity index (χ3n) is 1.91. The van der Waals surface area contributed by atoms with Gasteiger partial charge in [0.2, 0.25) is 5.78 Å². The number of benzene rings is 1. The highest BCUT2D eigenvalue weighted by Crippen LogP contribution is 2.19. The number of hydrogen-bond acceptors (Lipinski definition) is 5. The van der Waals surface area contributed by atoms with E-state index in [2.05, 4.69) is 12.6 Å². The minimum atomic E-state index is -1.67. The number of aliphatic hydroxyl groups excluding tert-OH is 1. The molecule has 0 bridgehead atoms. The van der Waals surface area contributed by atoms with Gasteiger partial charge in [-0.2, -0.15) is 0 Å². The van der Waals surface area contributed by atoms with Crippen LogP contribution in [0.2, 0.25) is 0 Å². The van der Waals surface area contributed by atoms with E-state index in [-0.39, 0.29) is 13.2 Å². The van der Waals surface area contributed by atoms with E-state index in [0.717, 1.165) is 0 Å². The Bertz CT molecular complexity index is 353. The summed E-state index contributed by atoms with van der Waals surface area (Å²) in [5.41, 5.74) is 0.358. The number of ether oxygens (including phenoxy) is 1. The average Bonchev–Trinajstić information content (AvgIpc) is 2.25. The molecule has 0 spiro atoms. The fourth-order valence-electron chi connectivity index (χ4n) is 1.14. The van der Waals surface area contributed by atoms with Gasteiger partial charge in [-0.25, -0.2) is 0 Å². The first-order valence-electron chi connectivity index (χ1n) is 4.78. The van der Waals surface area contributed by atoms with E-state index in [4.69, 9.17) is 9.84 Å². The van der Waals surface area contributed by atoms with Crippen LogP contribution in [0.1, 0.15) is 17.3 Å². The molecule has 0 saturated carbocycles. The maximum atomic E-state index is 11.6. The fourth-order valence-corrected chi connectivity index (χ4v) is 1.27. The van der Waals surface area contributed by atoms with Crippen molar-refractivity contribution in [3.05, 3.63) is 29.8 Å². The van der Waals surface area contributed by atoms with Gasteiger partial charge in [-0.05, 0) is 31.2 Å². The standard InChI is InChI=1S/C11H14O4S/c1-11(14,16)10(13)8-2-4-9(5-3-8)15-7-6-12/h2-5,12,14,16H,6-7H2,1H3. The van der Waals surface area contributed by atoms with Gasteiger partial charge >= 0.3 is 0 Å². The molecule has 88 valence electrons. The Morgan fingerprint density at radius 2 is 2.00 bits per heavy atom. The third kappa shape index (κ3) is 3.52. The predicted molar refractivity (Wildman–Crippen MR) is 63.0 cm³/mol. The monoisotopic (exact) mass is 242 g/mol. The van der Waals surface area contributed by atoms with Gasteiger partial charge in [-0.3, -0.25) is 4.79 Å². The molecule has 0 aliphatic heterocycles. The zero-order chi connectivity index (χ0) is 12.2. The van der Waals surface area contributed by atoms with Crippen molar-refractivity contribution in [1.82, 2.24) is 0 Å². The molecular formula is C11H14O4S. The van der Waals surface area contributed by atoms with Crippen LogP contribution in [0, 0.1) is 0 Å². The molecular weight excluding hydrogens is 228 g/mol. The van der Waals surface area contributed by atoms with Crippen LogP contribution in [0.5, 0.6) is 5.75 Å². The number of rotatable bonds is 5. The minimum absolute atomic E-state index is 0.0635. The summed E-state index contributed by atoms with van der Waals surface area (Å²) in [5.74, 6) is 0.0916. The third-order valence-corrected chi connectivity index (χ3v) is 2.11. The van der Waals surface area contributed by atoms with Gasteiger partial charge in [-0.15, -0.1) is 12.6 Å². The lowest BCUT2D eigenvalue weighted by atomic mass is 10.1. The molecule has 1 rings (SSSR count). The Balaban J connectivity index is 2.75. The van der Waals surface area contributed by atoms with Gasteiger partial charge in [0, 0.05) is 5.56 Å². The number of ketones is 1. The maximum absolute atomic E-state index is 11.6. The van der Waals surface area contributed by atoms with E-state index >= 15 is 0 Å². The first kappa shape index (κ1) is 13.0. The number of thiol groups is 1. The number of Topliss-reactive ketones (excluding diaryl/α,β-unsaturated/α-hetero) is 1. The Hall–Kier alpha value is -1.04. The summed E-state index contributed by atoms with van der Waals surface area (Å²) >= 11 is 3.79. The van der Waals surface area contributed by atoms with Gasteiger partial charge in [0.1, 0.15) is 12.4 Å². The summed E-state index contributed by atoms with van der Waals surface area (Å²) in [6.45, 7) is 1.46. The molecule has 0 radical (unpaired) electrons. The summed E-state index contributed by atoms with van der Waals surface area (Å²) < 4.78 is 5.13. The van der Waals surface area contributed by atoms with Crippen molar-refractivity contribution in [2.45, 2.75) is 11.9 Å². The van der Waals surface area contributed by atoms with E-state index in [9.17, 15) is 9.90 Å². The van der Waals surface area contributed by atoms with Crippen molar-refractivity contribution in [2.24, 2.45) is 0 Å². The highest BCUT2D eigenvalue weighted by molar-refractivity contribution is 7.82. The normalized spacial score (nSPS) is 14.2. The molecule has 0 aromatic heterocycles. The van der Waals surface area contributed by atoms with E-state index in [1.54, 1.807) is 24.3 Å². The van der Waals surface area contributed by atoms with E-state index in [1.165, 1.54) is 6.92 Å². The van der Waals surface area contributed by atoms with Gasteiger partial charge in [0.25, 0.3) is 0 Å². The SMILES string of the molecule is CC(O)(S)C(=O)c1ccc(OCCO)cc1. The van der Waals surface area contributed by atoms with E-state index in [0.29, 0.717) is 11.3 Å². The lowest BCUT2D eigenvalue weighted by molar-refractivity contribution is 0.0713. The van der Waals surface area contributed by atoms with Gasteiger partial charge in [0.05, 0.1) is 6.61 Å². The number of carbonyl (C=O) groups excluding carboxylic acids is 1. The molecule has 5 heteroatoms.